The minimum atomic E-state index is 0.646. The quantitative estimate of drug-likeness (QED) is 0.921. The van der Waals surface area contributed by atoms with Crippen LogP contribution in [0.2, 0.25) is 0 Å². The third-order valence-corrected chi connectivity index (χ3v) is 3.78. The highest BCUT2D eigenvalue weighted by Crippen LogP contribution is 2.30. The largest absolute Gasteiger partial charge is 0.496 e. The molecule has 4 heteroatoms. The van der Waals surface area contributed by atoms with Crippen LogP contribution in [0.3, 0.4) is 0 Å². The van der Waals surface area contributed by atoms with Crippen molar-refractivity contribution in [3.05, 3.63) is 33.6 Å². The number of aryl methyl sites for hydroxylation is 2. The fraction of sp³-hybridized carbons (Fsp3) is 0.357. The molecule has 3 nitrogen and oxygen atoms in total. The summed E-state index contributed by atoms with van der Waals surface area (Å²) < 4.78 is 5.38. The summed E-state index contributed by atoms with van der Waals surface area (Å²) in [4.78, 5) is 4.61. The van der Waals surface area contributed by atoms with Crippen LogP contribution in [-0.2, 0) is 6.42 Å². The monoisotopic (exact) mass is 262 g/mol. The Bertz CT molecular complexity index is 525. The van der Waals surface area contributed by atoms with Crippen LogP contribution in [0.1, 0.15) is 16.1 Å². The molecule has 0 saturated carbocycles. The fourth-order valence-electron chi connectivity index (χ4n) is 2.10. The number of methoxy groups -OCH3 is 1. The lowest BCUT2D eigenvalue weighted by molar-refractivity contribution is 0.408. The zero-order chi connectivity index (χ0) is 13.1. The van der Waals surface area contributed by atoms with Crippen molar-refractivity contribution in [2.24, 2.45) is 5.73 Å². The van der Waals surface area contributed by atoms with Crippen molar-refractivity contribution in [3.63, 3.8) is 0 Å². The van der Waals surface area contributed by atoms with E-state index in [4.69, 9.17) is 10.5 Å². The molecule has 0 aliphatic heterocycles. The molecule has 96 valence electrons. The number of thiazole rings is 1. The number of ether oxygens (including phenoxy) is 1. The first kappa shape index (κ1) is 13.1. The van der Waals surface area contributed by atoms with Gasteiger partial charge in [-0.1, -0.05) is 0 Å². The van der Waals surface area contributed by atoms with Crippen molar-refractivity contribution in [2.75, 3.05) is 13.7 Å². The molecular weight excluding hydrogens is 244 g/mol. The lowest BCUT2D eigenvalue weighted by Crippen LogP contribution is -2.02. The SMILES string of the molecule is COc1c(C)cc(-c2csc(CCN)n2)cc1C. The normalized spacial score (nSPS) is 10.7. The van der Waals surface area contributed by atoms with Crippen LogP contribution < -0.4 is 10.5 Å². The first-order valence-electron chi connectivity index (χ1n) is 5.95. The van der Waals surface area contributed by atoms with E-state index in [0.29, 0.717) is 6.54 Å². The van der Waals surface area contributed by atoms with Gasteiger partial charge in [-0.2, -0.15) is 0 Å². The molecule has 2 N–H and O–H groups in total. The van der Waals surface area contributed by atoms with Gasteiger partial charge in [0.25, 0.3) is 0 Å². The van der Waals surface area contributed by atoms with E-state index in [2.05, 4.69) is 36.3 Å². The lowest BCUT2D eigenvalue weighted by Gasteiger charge is -2.10. The number of rotatable bonds is 4. The third kappa shape index (κ3) is 2.54. The fourth-order valence-corrected chi connectivity index (χ4v) is 2.93. The molecule has 0 atom stereocenters. The number of hydrogen-bond acceptors (Lipinski definition) is 4. The molecule has 0 aliphatic rings. The predicted molar refractivity (Wildman–Crippen MR) is 76.3 cm³/mol. The highest BCUT2D eigenvalue weighted by atomic mass is 32.1. The topological polar surface area (TPSA) is 48.1 Å². The Kier molecular flexibility index (Phi) is 3.99. The molecule has 1 aromatic heterocycles. The molecule has 0 spiro atoms. The molecule has 18 heavy (non-hydrogen) atoms. The second-order valence-electron chi connectivity index (χ2n) is 4.31. The van der Waals surface area contributed by atoms with Crippen LogP contribution in [0, 0.1) is 13.8 Å². The summed E-state index contributed by atoms with van der Waals surface area (Å²) in [5, 5.41) is 3.18. The van der Waals surface area contributed by atoms with Gasteiger partial charge < -0.3 is 10.5 Å². The maximum absolute atomic E-state index is 5.54. The minimum Gasteiger partial charge on any atom is -0.496 e. The zero-order valence-electron chi connectivity index (χ0n) is 11.0. The molecule has 0 fully saturated rings. The molecule has 1 heterocycles. The molecule has 2 rings (SSSR count). The first-order chi connectivity index (χ1) is 8.65. The van der Waals surface area contributed by atoms with Gasteiger partial charge in [0.15, 0.2) is 0 Å². The number of nitrogens with zero attached hydrogens (tertiary/aromatic N) is 1. The van der Waals surface area contributed by atoms with Gasteiger partial charge in [-0.3, -0.25) is 0 Å². The van der Waals surface area contributed by atoms with Gasteiger partial charge in [-0.15, -0.1) is 11.3 Å². The van der Waals surface area contributed by atoms with E-state index in [1.54, 1.807) is 18.4 Å². The van der Waals surface area contributed by atoms with E-state index in [1.165, 1.54) is 0 Å². The maximum Gasteiger partial charge on any atom is 0.124 e. The summed E-state index contributed by atoms with van der Waals surface area (Å²) in [6, 6.07) is 4.24. The summed E-state index contributed by atoms with van der Waals surface area (Å²) in [5.74, 6) is 0.955. The van der Waals surface area contributed by atoms with E-state index in [1.807, 2.05) is 0 Å². The van der Waals surface area contributed by atoms with Crippen molar-refractivity contribution in [1.29, 1.82) is 0 Å². The molecule has 1 aromatic carbocycles. The molecule has 0 unspecified atom stereocenters. The second-order valence-corrected chi connectivity index (χ2v) is 5.25. The Hall–Kier alpha value is -1.39. The van der Waals surface area contributed by atoms with Gasteiger partial charge in [0, 0.05) is 17.4 Å². The average molecular weight is 262 g/mol. The van der Waals surface area contributed by atoms with Gasteiger partial charge in [0.2, 0.25) is 0 Å². The van der Waals surface area contributed by atoms with Crippen molar-refractivity contribution >= 4 is 11.3 Å². The number of aromatic nitrogens is 1. The minimum absolute atomic E-state index is 0.646. The summed E-state index contributed by atoms with van der Waals surface area (Å²) >= 11 is 1.67. The van der Waals surface area contributed by atoms with Crippen LogP contribution in [0.15, 0.2) is 17.5 Å². The third-order valence-electron chi connectivity index (χ3n) is 2.87. The molecule has 0 saturated heterocycles. The Morgan fingerprint density at radius 1 is 1.28 bits per heavy atom. The van der Waals surface area contributed by atoms with Crippen molar-refractivity contribution in [1.82, 2.24) is 4.98 Å². The molecule has 0 radical (unpaired) electrons. The van der Waals surface area contributed by atoms with Gasteiger partial charge >= 0.3 is 0 Å². The Labute approximate surface area is 112 Å². The van der Waals surface area contributed by atoms with Crippen LogP contribution in [0.5, 0.6) is 5.75 Å². The van der Waals surface area contributed by atoms with Gasteiger partial charge in [0.1, 0.15) is 5.75 Å². The zero-order valence-corrected chi connectivity index (χ0v) is 11.8. The van der Waals surface area contributed by atoms with E-state index < -0.39 is 0 Å². The molecule has 0 amide bonds. The van der Waals surface area contributed by atoms with Crippen molar-refractivity contribution in [2.45, 2.75) is 20.3 Å². The van der Waals surface area contributed by atoms with Crippen LogP contribution >= 0.6 is 11.3 Å². The molecule has 0 bridgehead atoms. The average Bonchev–Trinajstić information content (AvgIpc) is 2.78. The van der Waals surface area contributed by atoms with Crippen molar-refractivity contribution in [3.8, 4) is 17.0 Å². The summed E-state index contributed by atoms with van der Waals surface area (Å²) in [6.45, 7) is 4.76. The predicted octanol–water partition coefficient (Wildman–Crippen LogP) is 2.94. The summed E-state index contributed by atoms with van der Waals surface area (Å²) in [5.41, 5.74) is 9.99. The maximum atomic E-state index is 5.54. The lowest BCUT2D eigenvalue weighted by atomic mass is 10.0. The molecule has 2 aromatic rings. The molecule has 0 aliphatic carbocycles. The van der Waals surface area contributed by atoms with Gasteiger partial charge in [0.05, 0.1) is 17.8 Å². The number of benzene rings is 1. The van der Waals surface area contributed by atoms with E-state index in [-0.39, 0.29) is 0 Å². The van der Waals surface area contributed by atoms with E-state index >= 15 is 0 Å². The Morgan fingerprint density at radius 3 is 2.50 bits per heavy atom. The Morgan fingerprint density at radius 2 is 1.94 bits per heavy atom. The van der Waals surface area contributed by atoms with Crippen LogP contribution in [0.25, 0.3) is 11.3 Å². The summed E-state index contributed by atoms with van der Waals surface area (Å²) in [6.07, 6.45) is 0.846. The number of nitrogens with two attached hydrogens (primary N) is 1. The first-order valence-corrected chi connectivity index (χ1v) is 6.83. The van der Waals surface area contributed by atoms with Gasteiger partial charge in [-0.05, 0) is 43.7 Å². The highest BCUT2D eigenvalue weighted by Gasteiger charge is 2.09. The Balaban J connectivity index is 2.38. The smallest absolute Gasteiger partial charge is 0.124 e. The standard InChI is InChI=1S/C14H18N2OS/c1-9-6-11(7-10(2)14(9)17-3)12-8-18-13(16-12)4-5-15/h6-8H,4-5,15H2,1-3H3. The summed E-state index contributed by atoms with van der Waals surface area (Å²) in [7, 11) is 1.71. The van der Waals surface area contributed by atoms with Crippen molar-refractivity contribution < 1.29 is 4.74 Å². The van der Waals surface area contributed by atoms with E-state index in [0.717, 1.165) is 39.6 Å². The van der Waals surface area contributed by atoms with Crippen LogP contribution in [-0.4, -0.2) is 18.6 Å². The van der Waals surface area contributed by atoms with E-state index in [9.17, 15) is 0 Å². The highest BCUT2D eigenvalue weighted by molar-refractivity contribution is 7.09. The number of hydrogen-bond donors (Lipinski definition) is 1. The van der Waals surface area contributed by atoms with Gasteiger partial charge in [-0.25, -0.2) is 4.98 Å². The van der Waals surface area contributed by atoms with Crippen LogP contribution in [0.4, 0.5) is 0 Å². The second kappa shape index (κ2) is 5.50. The molecular formula is C14H18N2OS.